The van der Waals surface area contributed by atoms with Crippen LogP contribution in [0.15, 0.2) is 77.2 Å². The molecule has 1 unspecified atom stereocenters. The lowest BCUT2D eigenvalue weighted by atomic mass is 10.1. The van der Waals surface area contributed by atoms with Crippen LogP contribution in [-0.2, 0) is 11.2 Å². The van der Waals surface area contributed by atoms with Gasteiger partial charge in [0.05, 0.1) is 24.6 Å². The first-order valence-electron chi connectivity index (χ1n) is 11.6. The number of amides is 1. The average Bonchev–Trinajstić information content (AvgIpc) is 3.45. The van der Waals surface area contributed by atoms with E-state index in [4.69, 9.17) is 14.3 Å². The predicted molar refractivity (Wildman–Crippen MR) is 131 cm³/mol. The van der Waals surface area contributed by atoms with Crippen molar-refractivity contribution < 1.29 is 28.2 Å². The fourth-order valence-electron chi connectivity index (χ4n) is 4.26. The van der Waals surface area contributed by atoms with E-state index in [9.17, 15) is 14.0 Å². The lowest BCUT2D eigenvalue weighted by Crippen LogP contribution is -2.40. The molecule has 8 nitrogen and oxygen atoms in total. The highest BCUT2D eigenvalue weighted by molar-refractivity contribution is 5.87. The molecule has 36 heavy (non-hydrogen) atoms. The number of aromatic nitrogens is 1. The Morgan fingerprint density at radius 2 is 1.89 bits per heavy atom. The molecule has 1 saturated heterocycles. The van der Waals surface area contributed by atoms with E-state index >= 15 is 0 Å². The number of hydrogen-bond donors (Lipinski definition) is 2. The maximum absolute atomic E-state index is 14.2. The van der Waals surface area contributed by atoms with Crippen LogP contribution in [-0.4, -0.2) is 52.2 Å². The Balaban J connectivity index is 1.23. The summed E-state index contributed by atoms with van der Waals surface area (Å²) in [5.41, 5.74) is 2.94. The molecule has 2 heterocycles. The van der Waals surface area contributed by atoms with Gasteiger partial charge in [-0.05, 0) is 54.1 Å². The lowest BCUT2D eigenvalue weighted by molar-refractivity contribution is -0.132. The van der Waals surface area contributed by atoms with Crippen molar-refractivity contribution in [3.8, 4) is 5.75 Å². The molecule has 1 fully saturated rings. The van der Waals surface area contributed by atoms with Crippen molar-refractivity contribution in [2.45, 2.75) is 25.1 Å². The van der Waals surface area contributed by atoms with Crippen LogP contribution in [0.4, 0.5) is 16.1 Å². The summed E-state index contributed by atoms with van der Waals surface area (Å²) in [7, 11) is 0. The molecule has 184 valence electrons. The summed E-state index contributed by atoms with van der Waals surface area (Å²) in [5.74, 6) is -0.765. The summed E-state index contributed by atoms with van der Waals surface area (Å²) in [6.07, 6.45) is -0.844. The number of nitrogens with one attached hydrogen (secondary N) is 1. The van der Waals surface area contributed by atoms with Gasteiger partial charge in [0.25, 0.3) is 6.01 Å². The van der Waals surface area contributed by atoms with E-state index < -0.39 is 18.2 Å². The number of carbonyl (C=O) groups is 2. The van der Waals surface area contributed by atoms with E-state index in [1.807, 2.05) is 36.4 Å². The maximum atomic E-state index is 14.2. The molecule has 5 rings (SSSR count). The minimum absolute atomic E-state index is 0.0144. The number of ether oxygens (including phenoxy) is 1. The Morgan fingerprint density at radius 1 is 1.11 bits per heavy atom. The second-order valence-electron chi connectivity index (χ2n) is 8.66. The number of benzene rings is 3. The van der Waals surface area contributed by atoms with Gasteiger partial charge < -0.3 is 24.5 Å². The van der Waals surface area contributed by atoms with Crippen LogP contribution >= 0.6 is 0 Å². The Hall–Kier alpha value is -4.40. The Morgan fingerprint density at radius 3 is 2.64 bits per heavy atom. The molecule has 0 bridgehead atoms. The Bertz CT molecular complexity index is 1370. The minimum atomic E-state index is -1.12. The van der Waals surface area contributed by atoms with Crippen LogP contribution in [0.3, 0.4) is 0 Å². The molecule has 0 spiro atoms. The van der Waals surface area contributed by atoms with Gasteiger partial charge in [-0.3, -0.25) is 4.79 Å². The molecule has 1 aliphatic rings. The largest absolute Gasteiger partial charge is 0.491 e. The smallest absolute Gasteiger partial charge is 0.335 e. The summed E-state index contributed by atoms with van der Waals surface area (Å²) in [4.78, 5) is 30.0. The zero-order chi connectivity index (χ0) is 25.1. The van der Waals surface area contributed by atoms with Crippen LogP contribution in [0.1, 0.15) is 22.3 Å². The zero-order valence-electron chi connectivity index (χ0n) is 19.3. The van der Waals surface area contributed by atoms with Crippen LogP contribution < -0.4 is 10.1 Å². The highest BCUT2D eigenvalue weighted by Gasteiger charge is 2.35. The van der Waals surface area contributed by atoms with Crippen molar-refractivity contribution in [1.29, 1.82) is 0 Å². The molecule has 0 radical (unpaired) electrons. The predicted octanol–water partition coefficient (Wildman–Crippen LogP) is 4.83. The molecule has 1 aromatic heterocycles. The Labute approximate surface area is 206 Å². The molecular formula is C27H24FN3O5. The quantitative estimate of drug-likeness (QED) is 0.365. The van der Waals surface area contributed by atoms with Gasteiger partial charge in [-0.15, -0.1) is 0 Å². The number of carbonyl (C=O) groups excluding carboxylic acids is 1. The van der Waals surface area contributed by atoms with E-state index in [0.29, 0.717) is 22.9 Å². The molecule has 3 aromatic carbocycles. The normalized spacial score (nSPS) is 17.3. The van der Waals surface area contributed by atoms with Crippen molar-refractivity contribution in [3.05, 3.63) is 83.9 Å². The second kappa shape index (κ2) is 10.1. The van der Waals surface area contributed by atoms with E-state index in [2.05, 4.69) is 10.3 Å². The minimum Gasteiger partial charge on any atom is -0.491 e. The number of hydrogen-bond acceptors (Lipinski definition) is 6. The molecule has 9 heteroatoms. The SMILES string of the molecule is O=C(O)c1ccc(OCC2C[C@H](F)CN2C(=O)Cc2ccc3nc(Nc4ccccc4)oc3c2)cc1. The highest BCUT2D eigenvalue weighted by Crippen LogP contribution is 2.26. The number of carboxylic acid groups (broad SMARTS) is 1. The van der Waals surface area contributed by atoms with Gasteiger partial charge in [0.2, 0.25) is 5.91 Å². The highest BCUT2D eigenvalue weighted by atomic mass is 19.1. The third kappa shape index (κ3) is 5.30. The maximum Gasteiger partial charge on any atom is 0.335 e. The monoisotopic (exact) mass is 489 g/mol. The topological polar surface area (TPSA) is 105 Å². The summed E-state index contributed by atoms with van der Waals surface area (Å²) in [6.45, 7) is 0.134. The van der Waals surface area contributed by atoms with E-state index in [0.717, 1.165) is 11.3 Å². The van der Waals surface area contributed by atoms with Gasteiger partial charge in [0.15, 0.2) is 5.58 Å². The number of alkyl halides is 1. The standard InChI is InChI=1S/C27H24FN3O5/c28-19-14-21(16-35-22-9-7-18(8-10-22)26(33)34)31(15-19)25(32)13-17-6-11-23-24(12-17)36-27(30-23)29-20-4-2-1-3-5-20/h1-12,19,21H,13-16H2,(H,29,30)(H,33,34)/t19-,21?/m0/s1. The first-order chi connectivity index (χ1) is 17.4. The number of nitrogens with zero attached hydrogens (tertiary/aromatic N) is 2. The number of para-hydroxylation sites is 1. The lowest BCUT2D eigenvalue weighted by Gasteiger charge is -2.24. The number of oxazole rings is 1. The van der Waals surface area contributed by atoms with Gasteiger partial charge in [0, 0.05) is 12.1 Å². The van der Waals surface area contributed by atoms with Gasteiger partial charge in [-0.1, -0.05) is 24.3 Å². The third-order valence-corrected chi connectivity index (χ3v) is 6.06. The zero-order valence-corrected chi connectivity index (χ0v) is 19.3. The second-order valence-corrected chi connectivity index (χ2v) is 8.66. The van der Waals surface area contributed by atoms with E-state index in [1.54, 1.807) is 24.3 Å². The summed E-state index contributed by atoms with van der Waals surface area (Å²) >= 11 is 0. The van der Waals surface area contributed by atoms with Crippen LogP contribution in [0.25, 0.3) is 11.1 Å². The molecule has 0 saturated carbocycles. The number of anilines is 2. The number of aromatic carboxylic acids is 1. The van der Waals surface area contributed by atoms with Crippen molar-refractivity contribution >= 4 is 34.7 Å². The van der Waals surface area contributed by atoms with Gasteiger partial charge >= 0.3 is 5.97 Å². The third-order valence-electron chi connectivity index (χ3n) is 6.06. The number of carboxylic acids is 1. The van der Waals surface area contributed by atoms with Crippen molar-refractivity contribution in [1.82, 2.24) is 9.88 Å². The summed E-state index contributed by atoms with van der Waals surface area (Å²) in [5, 5.41) is 12.1. The van der Waals surface area contributed by atoms with E-state index in [-0.39, 0.29) is 37.5 Å². The van der Waals surface area contributed by atoms with Crippen molar-refractivity contribution in [2.24, 2.45) is 0 Å². The van der Waals surface area contributed by atoms with Crippen molar-refractivity contribution in [3.63, 3.8) is 0 Å². The first-order valence-corrected chi connectivity index (χ1v) is 11.6. The molecule has 1 aliphatic heterocycles. The van der Waals surface area contributed by atoms with E-state index in [1.165, 1.54) is 17.0 Å². The van der Waals surface area contributed by atoms with Gasteiger partial charge in [-0.2, -0.15) is 4.98 Å². The number of halogens is 1. The molecule has 2 atom stereocenters. The van der Waals surface area contributed by atoms with Crippen molar-refractivity contribution in [2.75, 3.05) is 18.5 Å². The van der Waals surface area contributed by atoms with Gasteiger partial charge in [0.1, 0.15) is 24.0 Å². The number of rotatable bonds is 8. The Kier molecular flexibility index (Phi) is 6.53. The summed E-state index contributed by atoms with van der Waals surface area (Å²) in [6, 6.07) is 20.8. The molecular weight excluding hydrogens is 465 g/mol. The molecule has 4 aromatic rings. The molecule has 1 amide bonds. The number of fused-ring (bicyclic) bond motifs is 1. The molecule has 2 N–H and O–H groups in total. The van der Waals surface area contributed by atoms with Crippen LogP contribution in [0.2, 0.25) is 0 Å². The van der Waals surface area contributed by atoms with Gasteiger partial charge in [-0.25, -0.2) is 9.18 Å². The van der Waals surface area contributed by atoms with Crippen LogP contribution in [0, 0.1) is 0 Å². The first kappa shape index (κ1) is 23.3. The fraction of sp³-hybridized carbons (Fsp3) is 0.222. The van der Waals surface area contributed by atoms with Crippen LogP contribution in [0.5, 0.6) is 5.75 Å². The fourth-order valence-corrected chi connectivity index (χ4v) is 4.26. The summed E-state index contributed by atoms with van der Waals surface area (Å²) < 4.78 is 25.8. The number of likely N-dealkylation sites (tertiary alicyclic amines) is 1. The average molecular weight is 490 g/mol. The molecule has 0 aliphatic carbocycles.